The Bertz CT molecular complexity index is 377. The molecule has 1 heterocycles. The van der Waals surface area contributed by atoms with Gasteiger partial charge < -0.3 is 5.32 Å². The third kappa shape index (κ3) is 3.32. The molecule has 1 rings (SSSR count). The molecule has 1 N–H and O–H groups in total. The molecule has 0 aliphatic carbocycles. The lowest BCUT2D eigenvalue weighted by Crippen LogP contribution is -2.40. The fraction of sp³-hybridized carbons (Fsp3) is 0.769. The van der Waals surface area contributed by atoms with Crippen LogP contribution in [0.3, 0.4) is 0 Å². The highest BCUT2D eigenvalue weighted by Crippen LogP contribution is 2.27. The molecule has 0 spiro atoms. The average molecular weight is 302 g/mol. The first-order chi connectivity index (χ1) is 7.81. The van der Waals surface area contributed by atoms with Gasteiger partial charge in [-0.25, -0.2) is 0 Å². The zero-order valence-electron chi connectivity index (χ0n) is 11.8. The Kier molecular flexibility index (Phi) is 4.78. The van der Waals surface area contributed by atoms with Crippen LogP contribution in [0.15, 0.2) is 4.47 Å². The van der Waals surface area contributed by atoms with Crippen LogP contribution in [0.1, 0.15) is 39.1 Å². The topological polar surface area (TPSA) is 29.9 Å². The largest absolute Gasteiger partial charge is 0.316 e. The maximum absolute atomic E-state index is 4.54. The molecule has 1 aromatic heterocycles. The monoisotopic (exact) mass is 301 g/mol. The van der Waals surface area contributed by atoms with Crippen LogP contribution in [-0.4, -0.2) is 22.9 Å². The summed E-state index contributed by atoms with van der Waals surface area (Å²) in [5.74, 6) is 0. The Balaban J connectivity index is 2.98. The smallest absolute Gasteiger partial charge is 0.0766 e. The first-order valence-electron chi connectivity index (χ1n) is 6.18. The first-order valence-corrected chi connectivity index (χ1v) is 6.98. The molecule has 0 saturated heterocycles. The van der Waals surface area contributed by atoms with E-state index in [0.29, 0.717) is 6.04 Å². The Morgan fingerprint density at radius 1 is 1.41 bits per heavy atom. The van der Waals surface area contributed by atoms with Gasteiger partial charge in [0.15, 0.2) is 0 Å². The van der Waals surface area contributed by atoms with E-state index in [1.54, 1.807) is 0 Å². The highest BCUT2D eigenvalue weighted by atomic mass is 79.9. The molecule has 1 unspecified atom stereocenters. The van der Waals surface area contributed by atoms with Gasteiger partial charge in [0.25, 0.3) is 0 Å². The van der Waals surface area contributed by atoms with Crippen molar-refractivity contribution >= 4 is 15.9 Å². The molecule has 17 heavy (non-hydrogen) atoms. The van der Waals surface area contributed by atoms with Gasteiger partial charge in [0, 0.05) is 19.5 Å². The number of halogens is 1. The zero-order valence-corrected chi connectivity index (χ0v) is 13.3. The Morgan fingerprint density at radius 2 is 2.00 bits per heavy atom. The normalized spacial score (nSPS) is 14.1. The minimum absolute atomic E-state index is 0.241. The lowest BCUT2D eigenvalue weighted by Gasteiger charge is -2.30. The Hall–Kier alpha value is -0.350. The molecule has 0 amide bonds. The van der Waals surface area contributed by atoms with Gasteiger partial charge in [0.1, 0.15) is 0 Å². The van der Waals surface area contributed by atoms with Gasteiger partial charge in [-0.05, 0) is 34.8 Å². The number of hydrogen-bond acceptors (Lipinski definition) is 2. The van der Waals surface area contributed by atoms with E-state index < -0.39 is 0 Å². The molecule has 3 nitrogen and oxygen atoms in total. The molecule has 0 saturated carbocycles. The van der Waals surface area contributed by atoms with Gasteiger partial charge in [0.05, 0.1) is 15.9 Å². The summed E-state index contributed by atoms with van der Waals surface area (Å²) >= 11 is 3.68. The molecular formula is C13H24BrN3. The van der Waals surface area contributed by atoms with Gasteiger partial charge in [-0.3, -0.25) is 4.68 Å². The van der Waals surface area contributed by atoms with E-state index in [4.69, 9.17) is 0 Å². The predicted octanol–water partition coefficient (Wildman–Crippen LogP) is 2.92. The van der Waals surface area contributed by atoms with E-state index in [9.17, 15) is 0 Å². The number of aromatic nitrogens is 2. The fourth-order valence-corrected chi connectivity index (χ4v) is 2.85. The van der Waals surface area contributed by atoms with Crippen molar-refractivity contribution in [3.05, 3.63) is 15.9 Å². The van der Waals surface area contributed by atoms with Gasteiger partial charge in [-0.2, -0.15) is 5.10 Å². The summed E-state index contributed by atoms with van der Waals surface area (Å²) in [4.78, 5) is 0. The SMILES string of the molecule is CCc1nn(C)c(CC(NC)C(C)(C)C)c1Br. The highest BCUT2D eigenvalue weighted by Gasteiger charge is 2.26. The van der Waals surface area contributed by atoms with Crippen LogP contribution in [0.25, 0.3) is 0 Å². The number of nitrogens with zero attached hydrogens (tertiary/aromatic N) is 2. The van der Waals surface area contributed by atoms with E-state index >= 15 is 0 Å². The second-order valence-electron chi connectivity index (χ2n) is 5.60. The molecule has 4 heteroatoms. The van der Waals surface area contributed by atoms with Crippen molar-refractivity contribution in [2.45, 2.75) is 46.6 Å². The van der Waals surface area contributed by atoms with Crippen LogP contribution in [-0.2, 0) is 19.9 Å². The van der Waals surface area contributed by atoms with Crippen molar-refractivity contribution in [3.8, 4) is 0 Å². The van der Waals surface area contributed by atoms with E-state index in [2.05, 4.69) is 54.0 Å². The van der Waals surface area contributed by atoms with E-state index in [1.807, 2.05) is 18.8 Å². The quantitative estimate of drug-likeness (QED) is 0.927. The molecule has 0 aliphatic rings. The van der Waals surface area contributed by atoms with Crippen LogP contribution in [0.5, 0.6) is 0 Å². The molecule has 0 fully saturated rings. The molecule has 0 radical (unpaired) electrons. The molecular weight excluding hydrogens is 278 g/mol. The molecule has 0 aliphatic heterocycles. The summed E-state index contributed by atoms with van der Waals surface area (Å²) in [6, 6.07) is 0.443. The van der Waals surface area contributed by atoms with E-state index in [0.717, 1.165) is 18.5 Å². The van der Waals surface area contributed by atoms with Crippen molar-refractivity contribution in [2.24, 2.45) is 12.5 Å². The number of likely N-dealkylation sites (N-methyl/N-ethyl adjacent to an activating group) is 1. The number of aryl methyl sites for hydroxylation is 2. The molecule has 1 aromatic rings. The third-order valence-corrected chi connectivity index (χ3v) is 4.21. The summed E-state index contributed by atoms with van der Waals surface area (Å²) in [6.45, 7) is 8.92. The summed E-state index contributed by atoms with van der Waals surface area (Å²) < 4.78 is 3.17. The number of rotatable bonds is 4. The number of nitrogens with one attached hydrogen (secondary N) is 1. The second kappa shape index (κ2) is 5.53. The van der Waals surface area contributed by atoms with Crippen molar-refractivity contribution in [1.82, 2.24) is 15.1 Å². The summed E-state index contributed by atoms with van der Waals surface area (Å²) in [6.07, 6.45) is 1.96. The number of hydrogen-bond donors (Lipinski definition) is 1. The van der Waals surface area contributed by atoms with Crippen LogP contribution in [0, 0.1) is 5.41 Å². The predicted molar refractivity (Wildman–Crippen MR) is 76.3 cm³/mol. The van der Waals surface area contributed by atoms with Crippen LogP contribution >= 0.6 is 15.9 Å². The van der Waals surface area contributed by atoms with Crippen molar-refractivity contribution in [2.75, 3.05) is 7.05 Å². The summed E-state index contributed by atoms with van der Waals surface area (Å²) in [5, 5.41) is 7.95. The van der Waals surface area contributed by atoms with Gasteiger partial charge in [0.2, 0.25) is 0 Å². The third-order valence-electron chi connectivity index (χ3n) is 3.29. The summed E-state index contributed by atoms with van der Waals surface area (Å²) in [7, 11) is 4.05. The lowest BCUT2D eigenvalue weighted by atomic mass is 9.84. The maximum atomic E-state index is 4.54. The highest BCUT2D eigenvalue weighted by molar-refractivity contribution is 9.10. The van der Waals surface area contributed by atoms with Crippen molar-refractivity contribution < 1.29 is 0 Å². The van der Waals surface area contributed by atoms with Gasteiger partial charge >= 0.3 is 0 Å². The van der Waals surface area contributed by atoms with Crippen molar-refractivity contribution in [3.63, 3.8) is 0 Å². The minimum Gasteiger partial charge on any atom is -0.316 e. The summed E-state index contributed by atoms with van der Waals surface area (Å²) in [5.41, 5.74) is 2.66. The van der Waals surface area contributed by atoms with E-state index in [-0.39, 0.29) is 5.41 Å². The van der Waals surface area contributed by atoms with Crippen LogP contribution < -0.4 is 5.32 Å². The minimum atomic E-state index is 0.241. The fourth-order valence-electron chi connectivity index (χ4n) is 2.08. The van der Waals surface area contributed by atoms with Gasteiger partial charge in [-0.15, -0.1) is 0 Å². The lowest BCUT2D eigenvalue weighted by molar-refractivity contribution is 0.276. The Labute approximate surface area is 113 Å². The molecule has 1 atom stereocenters. The van der Waals surface area contributed by atoms with Crippen LogP contribution in [0.2, 0.25) is 0 Å². The second-order valence-corrected chi connectivity index (χ2v) is 6.39. The first kappa shape index (κ1) is 14.7. The Morgan fingerprint density at radius 3 is 2.35 bits per heavy atom. The molecule has 0 bridgehead atoms. The standard InChI is InChI=1S/C13H24BrN3/c1-7-9-12(14)10(17(6)16-9)8-11(15-5)13(2,3)4/h11,15H,7-8H2,1-6H3. The average Bonchev–Trinajstić information content (AvgIpc) is 2.49. The zero-order chi connectivity index (χ0) is 13.2. The van der Waals surface area contributed by atoms with Crippen LogP contribution in [0.4, 0.5) is 0 Å². The maximum Gasteiger partial charge on any atom is 0.0766 e. The van der Waals surface area contributed by atoms with Gasteiger partial charge in [-0.1, -0.05) is 27.7 Å². The molecule has 0 aromatic carbocycles. The van der Waals surface area contributed by atoms with Crippen molar-refractivity contribution in [1.29, 1.82) is 0 Å². The molecule has 98 valence electrons. The van der Waals surface area contributed by atoms with E-state index in [1.165, 1.54) is 10.2 Å².